The van der Waals surface area contributed by atoms with E-state index in [4.69, 9.17) is 4.74 Å². The van der Waals surface area contributed by atoms with Crippen molar-refractivity contribution >= 4 is 44.1 Å². The summed E-state index contributed by atoms with van der Waals surface area (Å²) in [5.74, 6) is 0.592. The van der Waals surface area contributed by atoms with Gasteiger partial charge in [0.15, 0.2) is 6.61 Å². The number of aromatic hydroxyl groups is 3. The van der Waals surface area contributed by atoms with E-state index in [1.54, 1.807) is 30.3 Å². The predicted octanol–water partition coefficient (Wildman–Crippen LogP) is 4.18. The Bertz CT molecular complexity index is 1740. The molecule has 1 amide bonds. The van der Waals surface area contributed by atoms with Crippen molar-refractivity contribution in [2.75, 3.05) is 11.9 Å². The summed E-state index contributed by atoms with van der Waals surface area (Å²) in [7, 11) is 0. The molecule has 3 aromatic carbocycles. The molecule has 5 aromatic rings. The number of aromatic amines is 2. The van der Waals surface area contributed by atoms with E-state index in [1.807, 2.05) is 26.8 Å². The minimum atomic E-state index is -0.242. The second-order valence-electron chi connectivity index (χ2n) is 8.58. The molecule has 0 spiro atoms. The summed E-state index contributed by atoms with van der Waals surface area (Å²) in [4.78, 5) is 37.9. The van der Waals surface area contributed by atoms with Crippen LogP contribution in [0.3, 0.4) is 0 Å². The summed E-state index contributed by atoms with van der Waals surface area (Å²) >= 11 is 1.12. The van der Waals surface area contributed by atoms with Crippen molar-refractivity contribution < 1.29 is 24.9 Å². The minimum Gasteiger partial charge on any atom is -0.506 e. The second-order valence-corrected chi connectivity index (χ2v) is 9.56. The van der Waals surface area contributed by atoms with Gasteiger partial charge in [-0.05, 0) is 61.7 Å². The number of thiazole rings is 1. The second kappa shape index (κ2) is 10.7. The summed E-state index contributed by atoms with van der Waals surface area (Å²) in [6, 6.07) is 13.2. The van der Waals surface area contributed by atoms with E-state index in [2.05, 4.69) is 15.3 Å². The highest BCUT2D eigenvalue weighted by atomic mass is 32.1. The zero-order chi connectivity index (χ0) is 27.6. The number of anilines is 1. The first-order valence-electron chi connectivity index (χ1n) is 11.4. The van der Waals surface area contributed by atoms with Gasteiger partial charge < -0.3 is 35.3 Å². The number of phenolic OH excluding ortho intramolecular Hbond substituents is 3. The average molecular weight is 536 g/mol. The Morgan fingerprint density at radius 1 is 0.737 bits per heavy atom. The van der Waals surface area contributed by atoms with Gasteiger partial charge in [-0.15, -0.1) is 0 Å². The number of nitrogens with one attached hydrogen (secondary N) is 3. The van der Waals surface area contributed by atoms with E-state index in [0.29, 0.717) is 22.5 Å². The van der Waals surface area contributed by atoms with Crippen LogP contribution in [0.2, 0.25) is 0 Å². The van der Waals surface area contributed by atoms with Crippen LogP contribution < -0.4 is 20.5 Å². The standard InChI is InChI=1S/C10H9NO2.C9H9NO3.C8H7NO2S/c1-6-2-4-8(12)10-7(6)3-5-9(13)11-10;1-5-2-3-6(11)8-9(5)13-4-7(12)10-8;1-4-2-3-5(10)6-7(4)12-8(11)9-6/h2-5,12H,1H3,(H,11,13);2-3,11H,4H2,1H3,(H,10,12);2-3,10H,1H3,(H,9,11). The van der Waals surface area contributed by atoms with Gasteiger partial charge >= 0.3 is 4.87 Å². The van der Waals surface area contributed by atoms with E-state index < -0.39 is 0 Å². The van der Waals surface area contributed by atoms with Gasteiger partial charge in [-0.3, -0.25) is 14.4 Å². The van der Waals surface area contributed by atoms with E-state index in [9.17, 15) is 29.7 Å². The van der Waals surface area contributed by atoms with Crippen LogP contribution in [0.25, 0.3) is 21.1 Å². The highest BCUT2D eigenvalue weighted by Gasteiger charge is 2.20. The van der Waals surface area contributed by atoms with Crippen molar-refractivity contribution in [1.29, 1.82) is 0 Å². The number of aromatic nitrogens is 2. The van der Waals surface area contributed by atoms with Crippen LogP contribution in [-0.2, 0) is 4.79 Å². The smallest absolute Gasteiger partial charge is 0.305 e. The molecule has 0 aliphatic carbocycles. The van der Waals surface area contributed by atoms with Crippen molar-refractivity contribution in [2.24, 2.45) is 0 Å². The van der Waals surface area contributed by atoms with Crippen molar-refractivity contribution in [1.82, 2.24) is 9.97 Å². The normalized spacial score (nSPS) is 11.9. The Morgan fingerprint density at radius 3 is 2.08 bits per heavy atom. The number of benzene rings is 3. The molecule has 0 saturated carbocycles. The fourth-order valence-electron chi connectivity index (χ4n) is 3.83. The number of pyridine rings is 1. The van der Waals surface area contributed by atoms with E-state index in [-0.39, 0.29) is 40.2 Å². The first kappa shape index (κ1) is 26.3. The van der Waals surface area contributed by atoms with Crippen LogP contribution in [0.4, 0.5) is 5.69 Å². The molecule has 1 aliphatic heterocycles. The molecule has 6 N–H and O–H groups in total. The summed E-state index contributed by atoms with van der Waals surface area (Å²) in [6.07, 6.45) is 0. The number of phenols is 3. The quantitative estimate of drug-likeness (QED) is 0.162. The maximum atomic E-state index is 11.0. The number of H-pyrrole nitrogens is 2. The lowest BCUT2D eigenvalue weighted by Crippen LogP contribution is -2.25. The molecule has 0 unspecified atom stereocenters. The molecule has 1 aliphatic rings. The van der Waals surface area contributed by atoms with Crippen LogP contribution in [0, 0.1) is 20.8 Å². The van der Waals surface area contributed by atoms with Crippen molar-refractivity contribution in [3.8, 4) is 23.0 Å². The van der Waals surface area contributed by atoms with Gasteiger partial charge in [0.1, 0.15) is 34.2 Å². The van der Waals surface area contributed by atoms with Crippen molar-refractivity contribution in [2.45, 2.75) is 20.8 Å². The highest BCUT2D eigenvalue weighted by molar-refractivity contribution is 7.16. The number of hydrogen-bond donors (Lipinski definition) is 6. The van der Waals surface area contributed by atoms with Crippen LogP contribution >= 0.6 is 11.3 Å². The van der Waals surface area contributed by atoms with Crippen LogP contribution in [0.5, 0.6) is 23.0 Å². The lowest BCUT2D eigenvalue weighted by atomic mass is 10.1. The number of amides is 1. The number of ether oxygens (including phenoxy) is 1. The Balaban J connectivity index is 0.000000133. The number of aryl methyl sites for hydroxylation is 3. The Hall–Kier alpha value is -4.77. The molecule has 10 nitrogen and oxygen atoms in total. The fourth-order valence-corrected chi connectivity index (χ4v) is 4.65. The summed E-state index contributed by atoms with van der Waals surface area (Å²) in [5, 5.41) is 31.6. The van der Waals surface area contributed by atoms with Crippen LogP contribution in [0.1, 0.15) is 16.7 Å². The molecular formula is C27H25N3O7S. The van der Waals surface area contributed by atoms with Gasteiger partial charge in [-0.25, -0.2) is 0 Å². The Morgan fingerprint density at radius 2 is 1.37 bits per heavy atom. The maximum absolute atomic E-state index is 11.0. The van der Waals surface area contributed by atoms with Gasteiger partial charge in [0, 0.05) is 11.5 Å². The average Bonchev–Trinajstić information content (AvgIpc) is 3.30. The fraction of sp³-hybridized carbons (Fsp3) is 0.148. The summed E-state index contributed by atoms with van der Waals surface area (Å²) in [6.45, 7) is 5.71. The molecule has 0 atom stereocenters. The SMILES string of the molecule is Cc1ccc(O)c2[nH]c(=O)ccc12.Cc1ccc(O)c2[nH]c(=O)sc12.Cc1ccc(O)c2c1OCC(=O)N2. The molecule has 0 bridgehead atoms. The van der Waals surface area contributed by atoms with Gasteiger partial charge in [-0.1, -0.05) is 29.5 Å². The largest absolute Gasteiger partial charge is 0.506 e. The number of hydrogen-bond acceptors (Lipinski definition) is 8. The van der Waals surface area contributed by atoms with Gasteiger partial charge in [-0.2, -0.15) is 0 Å². The number of carbonyl (C=O) groups is 1. The van der Waals surface area contributed by atoms with E-state index >= 15 is 0 Å². The Kier molecular flexibility index (Phi) is 7.40. The van der Waals surface area contributed by atoms with Crippen LogP contribution in [-0.4, -0.2) is 37.8 Å². The molecule has 3 heterocycles. The summed E-state index contributed by atoms with van der Waals surface area (Å²) < 4.78 is 6.01. The maximum Gasteiger partial charge on any atom is 0.305 e. The summed E-state index contributed by atoms with van der Waals surface area (Å²) in [5.41, 5.74) is 4.16. The number of rotatable bonds is 0. The van der Waals surface area contributed by atoms with Crippen molar-refractivity contribution in [3.63, 3.8) is 0 Å². The molecule has 196 valence electrons. The molecule has 38 heavy (non-hydrogen) atoms. The van der Waals surface area contributed by atoms with Crippen LogP contribution in [0.15, 0.2) is 58.1 Å². The topological polar surface area (TPSA) is 165 Å². The van der Waals surface area contributed by atoms with Crippen molar-refractivity contribution in [3.05, 3.63) is 85.2 Å². The highest BCUT2D eigenvalue weighted by Crippen LogP contribution is 2.38. The molecule has 11 heteroatoms. The predicted molar refractivity (Wildman–Crippen MR) is 147 cm³/mol. The monoisotopic (exact) mass is 535 g/mol. The number of fused-ring (bicyclic) bond motifs is 3. The van der Waals surface area contributed by atoms with E-state index in [1.165, 1.54) is 12.1 Å². The molecule has 0 radical (unpaired) electrons. The van der Waals surface area contributed by atoms with Gasteiger partial charge in [0.25, 0.3) is 5.91 Å². The zero-order valence-electron chi connectivity index (χ0n) is 20.7. The van der Waals surface area contributed by atoms with E-state index in [0.717, 1.165) is 38.1 Å². The molecule has 6 rings (SSSR count). The molecule has 0 fully saturated rings. The minimum absolute atomic E-state index is 0.0112. The molecule has 0 saturated heterocycles. The Labute approximate surface area is 219 Å². The molecule has 2 aromatic heterocycles. The third-order valence-electron chi connectivity index (χ3n) is 5.79. The molecular weight excluding hydrogens is 510 g/mol. The first-order valence-corrected chi connectivity index (χ1v) is 12.2. The third kappa shape index (κ3) is 5.47. The van der Waals surface area contributed by atoms with Gasteiger partial charge in [0.05, 0.1) is 10.2 Å². The third-order valence-corrected chi connectivity index (χ3v) is 6.81. The first-order chi connectivity index (χ1) is 18.0. The van der Waals surface area contributed by atoms with Gasteiger partial charge in [0.2, 0.25) is 5.56 Å². The lowest BCUT2D eigenvalue weighted by molar-refractivity contribution is -0.118. The zero-order valence-corrected chi connectivity index (χ0v) is 21.5. The number of carbonyl (C=O) groups excluding carboxylic acids is 1. The lowest BCUT2D eigenvalue weighted by Gasteiger charge is -2.20.